The number of aromatic nitrogens is 3. The molecule has 2 aromatic heterocycles. The number of hydrogen-bond acceptors (Lipinski definition) is 10. The highest BCUT2D eigenvalue weighted by molar-refractivity contribution is 7.88. The molecular weight excluding hydrogens is 478 g/mol. The lowest BCUT2D eigenvalue weighted by molar-refractivity contribution is -0.0330. The minimum absolute atomic E-state index is 0.0365. The first kappa shape index (κ1) is 23.2. The molecular formula is C18H20ClN7O6S. The number of hydrogen-bond donors (Lipinski definition) is 6. The fraction of sp³-hybridized carbons (Fsp3) is 0.278. The van der Waals surface area contributed by atoms with Crippen LogP contribution in [0.1, 0.15) is 16.6 Å². The predicted octanol–water partition coefficient (Wildman–Crippen LogP) is -0.867. The van der Waals surface area contributed by atoms with Crippen LogP contribution in [0.15, 0.2) is 36.8 Å². The van der Waals surface area contributed by atoms with Gasteiger partial charge in [-0.05, 0) is 24.3 Å². The molecule has 1 saturated heterocycles. The molecule has 0 unspecified atom stereocenters. The van der Waals surface area contributed by atoms with Crippen molar-refractivity contribution < 1.29 is 28.2 Å². The Morgan fingerprint density at radius 2 is 1.94 bits per heavy atom. The van der Waals surface area contributed by atoms with Crippen LogP contribution in [0, 0.1) is 0 Å². The van der Waals surface area contributed by atoms with Crippen LogP contribution in [-0.4, -0.2) is 63.9 Å². The number of carbonyl (C=O) groups excluding carboxylic acids is 1. The molecule has 176 valence electrons. The van der Waals surface area contributed by atoms with E-state index in [2.05, 4.69) is 14.7 Å². The topological polar surface area (TPSA) is 208 Å². The lowest BCUT2D eigenvalue weighted by Gasteiger charge is -2.17. The molecule has 1 aromatic carbocycles. The Hall–Kier alpha value is -3.01. The first-order valence-electron chi connectivity index (χ1n) is 9.53. The van der Waals surface area contributed by atoms with Crippen LogP contribution in [0.3, 0.4) is 0 Å². The molecule has 1 aliphatic heterocycles. The van der Waals surface area contributed by atoms with E-state index in [0.29, 0.717) is 16.9 Å². The molecule has 0 bridgehead atoms. The van der Waals surface area contributed by atoms with Crippen molar-refractivity contribution in [1.82, 2.24) is 24.0 Å². The van der Waals surface area contributed by atoms with Gasteiger partial charge in [0, 0.05) is 23.5 Å². The molecule has 13 nitrogen and oxygen atoms in total. The van der Waals surface area contributed by atoms with Crippen molar-refractivity contribution >= 4 is 50.3 Å². The first-order valence-corrected chi connectivity index (χ1v) is 11.4. The molecule has 0 aliphatic carbocycles. The third-order valence-corrected chi connectivity index (χ3v) is 6.30. The zero-order valence-electron chi connectivity index (χ0n) is 16.8. The van der Waals surface area contributed by atoms with E-state index >= 15 is 0 Å². The summed E-state index contributed by atoms with van der Waals surface area (Å²) in [5.74, 6) is -0.998. The van der Waals surface area contributed by atoms with E-state index in [1.807, 2.05) is 0 Å². The SMILES string of the molecule is Nc1ccc(Cl)cc1C(=O)NS(=O)(=O)NC[C@H]1O[C@@H](n2cnc3c(N)ccnc32)[C@H](O)[C@@H]1O. The summed E-state index contributed by atoms with van der Waals surface area (Å²) < 4.78 is 35.6. The number of anilines is 2. The zero-order valence-corrected chi connectivity index (χ0v) is 18.4. The fourth-order valence-corrected chi connectivity index (χ4v) is 4.38. The van der Waals surface area contributed by atoms with Crippen molar-refractivity contribution in [2.45, 2.75) is 24.5 Å². The van der Waals surface area contributed by atoms with Gasteiger partial charge in [-0.15, -0.1) is 0 Å². The molecule has 8 N–H and O–H groups in total. The molecule has 0 saturated carbocycles. The van der Waals surface area contributed by atoms with Gasteiger partial charge < -0.3 is 26.4 Å². The number of nitrogens with zero attached hydrogens (tertiary/aromatic N) is 3. The van der Waals surface area contributed by atoms with Gasteiger partial charge in [0.05, 0.1) is 17.6 Å². The second-order valence-corrected chi connectivity index (χ2v) is 9.22. The summed E-state index contributed by atoms with van der Waals surface area (Å²) in [6.07, 6.45) is -2.32. The number of nitrogens with one attached hydrogen (secondary N) is 2. The number of aliphatic hydroxyl groups excluding tert-OH is 2. The minimum atomic E-state index is -4.37. The van der Waals surface area contributed by atoms with E-state index in [4.69, 9.17) is 27.8 Å². The number of nitrogens with two attached hydrogens (primary N) is 2. The maximum Gasteiger partial charge on any atom is 0.301 e. The van der Waals surface area contributed by atoms with E-state index in [0.717, 1.165) is 0 Å². The van der Waals surface area contributed by atoms with Gasteiger partial charge in [-0.3, -0.25) is 9.36 Å². The van der Waals surface area contributed by atoms with Crippen LogP contribution in [0.2, 0.25) is 5.02 Å². The summed E-state index contributed by atoms with van der Waals surface area (Å²) in [6, 6.07) is 5.60. The van der Waals surface area contributed by atoms with E-state index in [1.54, 1.807) is 10.8 Å². The summed E-state index contributed by atoms with van der Waals surface area (Å²) in [5, 5.41) is 21.0. The number of halogens is 1. The molecule has 1 aliphatic rings. The number of pyridine rings is 1. The predicted molar refractivity (Wildman–Crippen MR) is 118 cm³/mol. The third kappa shape index (κ3) is 4.57. The summed E-state index contributed by atoms with van der Waals surface area (Å²) in [5.41, 5.74) is 12.5. The summed E-state index contributed by atoms with van der Waals surface area (Å²) in [6.45, 7) is -0.454. The largest absolute Gasteiger partial charge is 0.398 e. The van der Waals surface area contributed by atoms with E-state index < -0.39 is 47.2 Å². The number of nitrogen functional groups attached to an aromatic ring is 2. The maximum atomic E-state index is 12.3. The molecule has 0 radical (unpaired) electrons. The smallest absolute Gasteiger partial charge is 0.301 e. The Morgan fingerprint density at radius 3 is 2.70 bits per heavy atom. The van der Waals surface area contributed by atoms with Crippen molar-refractivity contribution in [2.24, 2.45) is 0 Å². The van der Waals surface area contributed by atoms with E-state index in [9.17, 15) is 23.4 Å². The summed E-state index contributed by atoms with van der Waals surface area (Å²) in [4.78, 5) is 20.6. The molecule has 1 fully saturated rings. The van der Waals surface area contributed by atoms with E-state index in [-0.39, 0.29) is 16.3 Å². The number of fused-ring (bicyclic) bond motifs is 1. The number of rotatable bonds is 6. The van der Waals surface area contributed by atoms with Gasteiger partial charge in [-0.25, -0.2) is 14.7 Å². The molecule has 3 heterocycles. The first-order chi connectivity index (χ1) is 15.6. The Bertz CT molecular complexity index is 1320. The van der Waals surface area contributed by atoms with E-state index in [1.165, 1.54) is 35.3 Å². The monoisotopic (exact) mass is 497 g/mol. The van der Waals surface area contributed by atoms with Crippen molar-refractivity contribution in [1.29, 1.82) is 0 Å². The lowest BCUT2D eigenvalue weighted by atomic mass is 10.1. The fourth-order valence-electron chi connectivity index (χ4n) is 3.40. The standard InChI is InChI=1S/C18H20ClN7O6S/c19-8-1-2-10(20)9(5-8)17(29)25-33(30,31)24-6-12-14(27)15(28)18(32-12)26-7-23-13-11(21)3-4-22-16(13)26/h1-5,7,12,14-15,18,24,27-28H,6,20H2,(H2,21,22)(H,25,29)/t12-,14-,15-,18-/m1/s1. The summed E-state index contributed by atoms with van der Waals surface area (Å²) >= 11 is 5.82. The Morgan fingerprint density at radius 1 is 1.18 bits per heavy atom. The molecule has 3 aromatic rings. The highest BCUT2D eigenvalue weighted by atomic mass is 35.5. The third-order valence-electron chi connectivity index (χ3n) is 5.06. The van der Waals surface area contributed by atoms with Crippen molar-refractivity contribution in [3.63, 3.8) is 0 Å². The highest BCUT2D eigenvalue weighted by Crippen LogP contribution is 2.32. The van der Waals surface area contributed by atoms with Gasteiger partial charge >= 0.3 is 10.2 Å². The van der Waals surface area contributed by atoms with Gasteiger partial charge in [-0.1, -0.05) is 11.6 Å². The zero-order chi connectivity index (χ0) is 23.9. The van der Waals surface area contributed by atoms with Crippen LogP contribution in [0.5, 0.6) is 0 Å². The number of carbonyl (C=O) groups is 1. The van der Waals surface area contributed by atoms with Crippen molar-refractivity contribution in [2.75, 3.05) is 18.0 Å². The molecule has 4 rings (SSSR count). The number of imidazole rings is 1. The maximum absolute atomic E-state index is 12.3. The molecule has 15 heteroatoms. The van der Waals surface area contributed by atoms with Crippen LogP contribution in [-0.2, 0) is 14.9 Å². The average Bonchev–Trinajstić information content (AvgIpc) is 3.30. The Labute approximate surface area is 192 Å². The van der Waals surface area contributed by atoms with Crippen molar-refractivity contribution in [3.8, 4) is 0 Å². The van der Waals surface area contributed by atoms with Gasteiger partial charge in [-0.2, -0.15) is 13.1 Å². The average molecular weight is 498 g/mol. The number of amides is 1. The molecule has 33 heavy (non-hydrogen) atoms. The van der Waals surface area contributed by atoms with Crippen molar-refractivity contribution in [3.05, 3.63) is 47.4 Å². The van der Waals surface area contributed by atoms with Gasteiger partial charge in [0.15, 0.2) is 11.9 Å². The second-order valence-electron chi connectivity index (χ2n) is 7.29. The second kappa shape index (κ2) is 8.74. The molecule has 0 spiro atoms. The van der Waals surface area contributed by atoms with Crippen LogP contribution >= 0.6 is 11.6 Å². The number of benzene rings is 1. The van der Waals surface area contributed by atoms with Gasteiger partial charge in [0.25, 0.3) is 5.91 Å². The van der Waals surface area contributed by atoms with Gasteiger partial charge in [0.2, 0.25) is 0 Å². The Balaban J connectivity index is 1.44. The van der Waals surface area contributed by atoms with Crippen LogP contribution in [0.4, 0.5) is 11.4 Å². The number of ether oxygens (including phenoxy) is 1. The minimum Gasteiger partial charge on any atom is -0.398 e. The molecule has 4 atom stereocenters. The molecule has 1 amide bonds. The Kier molecular flexibility index (Phi) is 6.13. The lowest BCUT2D eigenvalue weighted by Crippen LogP contribution is -2.45. The van der Waals surface area contributed by atoms with Crippen LogP contribution in [0.25, 0.3) is 11.2 Å². The number of aliphatic hydroxyl groups is 2. The van der Waals surface area contributed by atoms with Gasteiger partial charge in [0.1, 0.15) is 23.8 Å². The highest BCUT2D eigenvalue weighted by Gasteiger charge is 2.44. The summed E-state index contributed by atoms with van der Waals surface area (Å²) in [7, 11) is -4.37. The van der Waals surface area contributed by atoms with Crippen LogP contribution < -0.4 is 20.9 Å². The normalized spacial score (nSPS) is 23.1. The quantitative estimate of drug-likeness (QED) is 0.232.